The van der Waals surface area contributed by atoms with Gasteiger partial charge >= 0.3 is 0 Å². The minimum absolute atomic E-state index is 0.0229. The number of piperidine rings is 1. The summed E-state index contributed by atoms with van der Waals surface area (Å²) in [5, 5.41) is 9.60. The molecule has 9 nitrogen and oxygen atoms in total. The molecule has 0 atom stereocenters. The second kappa shape index (κ2) is 11.4. The fraction of sp³-hybridized carbons (Fsp3) is 0.500. The van der Waals surface area contributed by atoms with Crippen molar-refractivity contribution in [3.05, 3.63) is 47.8 Å². The zero-order chi connectivity index (χ0) is 25.8. The molecule has 1 aromatic carbocycles. The summed E-state index contributed by atoms with van der Waals surface area (Å²) >= 11 is 1.56. The van der Waals surface area contributed by atoms with E-state index in [9.17, 15) is 8.42 Å². The number of benzene rings is 1. The minimum Gasteiger partial charge on any atom is -0.467 e. The molecule has 0 bridgehead atoms. The number of hydrogen-bond donors (Lipinski definition) is 1. The Labute approximate surface area is 221 Å². The molecule has 4 heterocycles. The van der Waals surface area contributed by atoms with Crippen LogP contribution in [0.1, 0.15) is 43.2 Å². The van der Waals surface area contributed by atoms with Crippen molar-refractivity contribution < 1.29 is 18.3 Å². The van der Waals surface area contributed by atoms with E-state index in [4.69, 9.17) is 14.8 Å². The van der Waals surface area contributed by atoms with E-state index in [0.717, 1.165) is 58.8 Å². The molecule has 0 spiro atoms. The molecule has 0 radical (unpaired) electrons. The summed E-state index contributed by atoms with van der Waals surface area (Å²) in [4.78, 5) is 15.8. The van der Waals surface area contributed by atoms with Crippen LogP contribution < -0.4 is 9.64 Å². The Balaban J connectivity index is 1.18. The summed E-state index contributed by atoms with van der Waals surface area (Å²) in [5.41, 5.74) is 4.23. The van der Waals surface area contributed by atoms with E-state index < -0.39 is 10.0 Å². The SMILES string of the molecule is Cc1cnc(N2CCC(Oc3nc4ccc(C5=CCN(S(=O)(=O)CCCCO)CC5)cc4s3)CC2)nc1. The van der Waals surface area contributed by atoms with Gasteiger partial charge in [-0.25, -0.2) is 23.4 Å². The highest BCUT2D eigenvalue weighted by molar-refractivity contribution is 7.89. The largest absolute Gasteiger partial charge is 0.467 e. The third-order valence-electron chi connectivity index (χ3n) is 6.87. The molecule has 3 aromatic rings. The summed E-state index contributed by atoms with van der Waals surface area (Å²) < 4.78 is 33.9. The van der Waals surface area contributed by atoms with Crippen molar-refractivity contribution in [3.63, 3.8) is 0 Å². The van der Waals surface area contributed by atoms with Gasteiger partial charge in [0.05, 0.1) is 16.0 Å². The van der Waals surface area contributed by atoms with Gasteiger partial charge in [0.15, 0.2) is 0 Å². The average molecular weight is 544 g/mol. The monoisotopic (exact) mass is 543 g/mol. The van der Waals surface area contributed by atoms with Crippen molar-refractivity contribution in [3.8, 4) is 5.19 Å². The zero-order valence-corrected chi connectivity index (χ0v) is 22.7. The Bertz CT molecular complexity index is 1350. The molecule has 1 fully saturated rings. The highest BCUT2D eigenvalue weighted by Gasteiger charge is 2.25. The van der Waals surface area contributed by atoms with Gasteiger partial charge in [-0.1, -0.05) is 23.5 Å². The minimum atomic E-state index is -3.28. The van der Waals surface area contributed by atoms with Gasteiger partial charge < -0.3 is 14.7 Å². The van der Waals surface area contributed by atoms with E-state index in [1.54, 1.807) is 15.6 Å². The number of hydrogen-bond acceptors (Lipinski definition) is 9. The van der Waals surface area contributed by atoms with E-state index in [1.165, 1.54) is 0 Å². The number of sulfonamides is 1. The fourth-order valence-corrected chi connectivity index (χ4v) is 7.13. The summed E-state index contributed by atoms with van der Waals surface area (Å²) in [7, 11) is -3.28. The fourth-order valence-electron chi connectivity index (χ4n) is 4.71. The number of aromatic nitrogens is 3. The van der Waals surface area contributed by atoms with Gasteiger partial charge in [0.1, 0.15) is 6.10 Å². The lowest BCUT2D eigenvalue weighted by atomic mass is 10.0. The number of rotatable bonds is 9. The lowest BCUT2D eigenvalue weighted by Crippen LogP contribution is -2.39. The van der Waals surface area contributed by atoms with Gasteiger partial charge in [-0.3, -0.25) is 0 Å². The van der Waals surface area contributed by atoms with Crippen molar-refractivity contribution in [2.24, 2.45) is 0 Å². The number of aliphatic hydroxyl groups excluding tert-OH is 1. The van der Waals surface area contributed by atoms with Gasteiger partial charge in [0.2, 0.25) is 16.0 Å². The number of nitrogens with zero attached hydrogens (tertiary/aromatic N) is 5. The predicted octanol–water partition coefficient (Wildman–Crippen LogP) is 3.63. The Morgan fingerprint density at radius 2 is 1.92 bits per heavy atom. The molecule has 37 heavy (non-hydrogen) atoms. The van der Waals surface area contributed by atoms with Gasteiger partial charge in [-0.2, -0.15) is 4.31 Å². The quantitative estimate of drug-likeness (QED) is 0.408. The molecule has 2 aliphatic rings. The molecular formula is C26H33N5O4S2. The molecule has 2 aliphatic heterocycles. The van der Waals surface area contributed by atoms with Crippen molar-refractivity contribution in [2.75, 3.05) is 43.4 Å². The number of fused-ring (bicyclic) bond motifs is 1. The lowest BCUT2D eigenvalue weighted by Gasteiger charge is -2.31. The summed E-state index contributed by atoms with van der Waals surface area (Å²) in [6.07, 6.45) is 9.29. The van der Waals surface area contributed by atoms with Gasteiger partial charge in [-0.15, -0.1) is 0 Å². The van der Waals surface area contributed by atoms with Crippen LogP contribution in [0.15, 0.2) is 36.7 Å². The molecule has 0 amide bonds. The van der Waals surface area contributed by atoms with E-state index >= 15 is 0 Å². The molecule has 5 rings (SSSR count). The van der Waals surface area contributed by atoms with Crippen LogP contribution in [0.2, 0.25) is 0 Å². The van der Waals surface area contributed by atoms with E-state index in [2.05, 4.69) is 27.0 Å². The number of aryl methyl sites for hydroxylation is 1. The lowest BCUT2D eigenvalue weighted by molar-refractivity contribution is 0.170. The van der Waals surface area contributed by atoms with E-state index in [0.29, 0.717) is 37.5 Å². The Morgan fingerprint density at radius 3 is 2.62 bits per heavy atom. The Morgan fingerprint density at radius 1 is 1.14 bits per heavy atom. The van der Waals surface area contributed by atoms with Crippen molar-refractivity contribution in [1.82, 2.24) is 19.3 Å². The summed E-state index contributed by atoms with van der Waals surface area (Å²) in [6.45, 7) is 4.58. The van der Waals surface area contributed by atoms with Crippen molar-refractivity contribution in [1.29, 1.82) is 0 Å². The first kappa shape index (κ1) is 26.0. The normalized spacial score (nSPS) is 17.8. The van der Waals surface area contributed by atoms with Gasteiger partial charge in [0, 0.05) is 58.0 Å². The molecule has 0 saturated carbocycles. The maximum absolute atomic E-state index is 12.5. The van der Waals surface area contributed by atoms with E-state index in [1.807, 2.05) is 31.5 Å². The van der Waals surface area contributed by atoms with Crippen LogP contribution in [0.4, 0.5) is 5.95 Å². The average Bonchev–Trinajstić information content (AvgIpc) is 3.31. The Hall–Kier alpha value is -2.60. The topological polar surface area (TPSA) is 109 Å². The molecule has 0 unspecified atom stereocenters. The first-order valence-electron chi connectivity index (χ1n) is 12.8. The number of ether oxygens (including phenoxy) is 1. The molecule has 2 aromatic heterocycles. The second-order valence-corrected chi connectivity index (χ2v) is 12.7. The number of thiazole rings is 1. The second-order valence-electron chi connectivity index (χ2n) is 9.61. The van der Waals surface area contributed by atoms with E-state index in [-0.39, 0.29) is 18.5 Å². The molecule has 1 saturated heterocycles. The number of anilines is 1. The van der Waals surface area contributed by atoms with Gasteiger partial charge in [-0.05, 0) is 55.0 Å². The first-order valence-corrected chi connectivity index (χ1v) is 15.2. The van der Waals surface area contributed by atoms with Crippen molar-refractivity contribution >= 4 is 43.1 Å². The third-order valence-corrected chi connectivity index (χ3v) is 9.71. The van der Waals surface area contributed by atoms with Crippen LogP contribution in [0, 0.1) is 6.92 Å². The smallest absolute Gasteiger partial charge is 0.274 e. The zero-order valence-electron chi connectivity index (χ0n) is 21.0. The molecule has 11 heteroatoms. The molecule has 0 aliphatic carbocycles. The van der Waals surface area contributed by atoms with Crippen LogP contribution in [-0.4, -0.2) is 77.4 Å². The van der Waals surface area contributed by atoms with Crippen LogP contribution in [0.25, 0.3) is 15.8 Å². The van der Waals surface area contributed by atoms with Crippen molar-refractivity contribution in [2.45, 2.75) is 45.1 Å². The van der Waals surface area contributed by atoms with Crippen LogP contribution in [0.5, 0.6) is 5.19 Å². The summed E-state index contributed by atoms with van der Waals surface area (Å²) in [5.74, 6) is 0.862. The van der Waals surface area contributed by atoms with Gasteiger partial charge in [0.25, 0.3) is 5.19 Å². The molecule has 198 valence electrons. The predicted molar refractivity (Wildman–Crippen MR) is 147 cm³/mol. The van der Waals surface area contributed by atoms with Crippen LogP contribution in [0.3, 0.4) is 0 Å². The highest BCUT2D eigenvalue weighted by Crippen LogP contribution is 2.33. The maximum Gasteiger partial charge on any atom is 0.274 e. The van der Waals surface area contributed by atoms with Crippen LogP contribution >= 0.6 is 11.3 Å². The Kier molecular flexibility index (Phi) is 8.04. The number of aliphatic hydroxyl groups is 1. The highest BCUT2D eigenvalue weighted by atomic mass is 32.2. The maximum atomic E-state index is 12.5. The third kappa shape index (κ3) is 6.28. The number of unbranched alkanes of at least 4 members (excludes halogenated alkanes) is 1. The summed E-state index contributed by atoms with van der Waals surface area (Å²) in [6, 6.07) is 6.21. The molecular weight excluding hydrogens is 510 g/mol. The van der Waals surface area contributed by atoms with Crippen LogP contribution in [-0.2, 0) is 10.0 Å². The standard InChI is InChI=1S/C26H33N5O4S2/c1-19-17-27-25(28-18-19)30-10-8-22(9-11-30)35-26-29-23-5-4-21(16-24(23)36-26)20-6-12-31(13-7-20)37(33,34)15-3-2-14-32/h4-6,16-18,22,32H,2-3,7-15H2,1H3. The molecule has 1 N–H and O–H groups in total. The first-order chi connectivity index (χ1) is 17.9.